The minimum atomic E-state index is -0.541. The van der Waals surface area contributed by atoms with Gasteiger partial charge in [-0.05, 0) is 42.8 Å². The summed E-state index contributed by atoms with van der Waals surface area (Å²) in [4.78, 5) is 23.2. The Bertz CT molecular complexity index is 787. The first-order valence-electron chi connectivity index (χ1n) is 7.75. The summed E-state index contributed by atoms with van der Waals surface area (Å²) in [5.41, 5.74) is 7.77. The summed E-state index contributed by atoms with van der Waals surface area (Å²) in [5.74, 6) is -0.0850. The Balaban J connectivity index is 1.89. The van der Waals surface area contributed by atoms with Gasteiger partial charge in [0, 0.05) is 23.0 Å². The Kier molecular flexibility index (Phi) is 6.17. The van der Waals surface area contributed by atoms with Gasteiger partial charge < -0.3 is 21.1 Å². The van der Waals surface area contributed by atoms with E-state index in [4.69, 9.17) is 10.5 Å². The molecule has 0 atom stereocenters. The molecule has 0 saturated heterocycles. The van der Waals surface area contributed by atoms with Gasteiger partial charge in [-0.15, -0.1) is 0 Å². The molecule has 0 bridgehead atoms. The third-order valence-corrected chi connectivity index (χ3v) is 3.20. The van der Waals surface area contributed by atoms with Crippen LogP contribution in [0, 0.1) is 0 Å². The minimum Gasteiger partial charge on any atom is -0.489 e. The summed E-state index contributed by atoms with van der Waals surface area (Å²) in [6, 6.07) is 13.8. The lowest BCUT2D eigenvalue weighted by molar-refractivity contribution is -0.114. The van der Waals surface area contributed by atoms with Crippen LogP contribution in [0.4, 0.5) is 11.4 Å². The third kappa shape index (κ3) is 6.02. The zero-order valence-electron chi connectivity index (χ0n) is 14.0. The molecule has 4 N–H and O–H groups in total. The molecule has 130 valence electrons. The molecule has 6 nitrogen and oxygen atoms in total. The van der Waals surface area contributed by atoms with Gasteiger partial charge in [0.15, 0.2) is 0 Å². The Morgan fingerprint density at radius 3 is 2.56 bits per heavy atom. The van der Waals surface area contributed by atoms with E-state index in [1.165, 1.54) is 6.07 Å². The van der Waals surface area contributed by atoms with Gasteiger partial charge in [0.05, 0.1) is 6.54 Å². The first-order chi connectivity index (χ1) is 11.9. The molecule has 0 aromatic heterocycles. The molecule has 0 radical (unpaired) electrons. The highest BCUT2D eigenvalue weighted by atomic mass is 16.5. The van der Waals surface area contributed by atoms with E-state index in [0.717, 1.165) is 11.3 Å². The average molecular weight is 339 g/mol. The van der Waals surface area contributed by atoms with Gasteiger partial charge in [-0.25, -0.2) is 0 Å². The van der Waals surface area contributed by atoms with Crippen molar-refractivity contribution in [2.45, 2.75) is 6.92 Å². The Hall–Kier alpha value is -3.28. The third-order valence-electron chi connectivity index (χ3n) is 3.20. The number of primary amides is 1. The van der Waals surface area contributed by atoms with E-state index in [1.54, 1.807) is 18.2 Å². The minimum absolute atomic E-state index is 0.0741. The molecule has 0 fully saturated rings. The molecule has 0 aliphatic carbocycles. The quantitative estimate of drug-likeness (QED) is 0.645. The normalized spacial score (nSPS) is 9.96. The summed E-state index contributed by atoms with van der Waals surface area (Å²) < 4.78 is 5.56. The number of hydrogen-bond donors (Lipinski definition) is 3. The highest BCUT2D eigenvalue weighted by molar-refractivity contribution is 5.97. The van der Waals surface area contributed by atoms with Crippen molar-refractivity contribution < 1.29 is 14.3 Å². The lowest BCUT2D eigenvalue weighted by Gasteiger charge is -2.10. The maximum atomic E-state index is 12.0. The molecule has 2 aromatic rings. The fraction of sp³-hybridized carbons (Fsp3) is 0.158. The maximum Gasteiger partial charge on any atom is 0.248 e. The number of carbonyl (C=O) groups excluding carboxylic acids is 2. The second kappa shape index (κ2) is 8.54. The summed E-state index contributed by atoms with van der Waals surface area (Å²) in [5, 5.41) is 5.73. The van der Waals surface area contributed by atoms with Gasteiger partial charge >= 0.3 is 0 Å². The Morgan fingerprint density at radius 2 is 1.84 bits per heavy atom. The second-order valence-electron chi connectivity index (χ2n) is 5.62. The molecular weight excluding hydrogens is 318 g/mol. The van der Waals surface area contributed by atoms with Gasteiger partial charge in [-0.2, -0.15) is 0 Å². The fourth-order valence-electron chi connectivity index (χ4n) is 2.04. The van der Waals surface area contributed by atoms with Gasteiger partial charge in [-0.1, -0.05) is 18.7 Å². The van der Waals surface area contributed by atoms with Crippen LogP contribution in [0.3, 0.4) is 0 Å². The van der Waals surface area contributed by atoms with Gasteiger partial charge in [-0.3, -0.25) is 9.59 Å². The maximum absolute atomic E-state index is 12.0. The largest absolute Gasteiger partial charge is 0.489 e. The predicted octanol–water partition coefficient (Wildman–Crippen LogP) is 2.79. The van der Waals surface area contributed by atoms with Crippen LogP contribution in [0.1, 0.15) is 17.3 Å². The van der Waals surface area contributed by atoms with Gasteiger partial charge in [0.1, 0.15) is 12.4 Å². The van der Waals surface area contributed by atoms with E-state index in [1.807, 2.05) is 31.2 Å². The van der Waals surface area contributed by atoms with Crippen molar-refractivity contribution in [2.75, 3.05) is 23.8 Å². The second-order valence-corrected chi connectivity index (χ2v) is 5.62. The van der Waals surface area contributed by atoms with Crippen LogP contribution in [-0.4, -0.2) is 25.0 Å². The van der Waals surface area contributed by atoms with Crippen LogP contribution in [-0.2, 0) is 4.79 Å². The summed E-state index contributed by atoms with van der Waals surface area (Å²) in [7, 11) is 0. The number of nitrogens with two attached hydrogens (primary N) is 1. The van der Waals surface area contributed by atoms with Crippen molar-refractivity contribution in [3.63, 3.8) is 0 Å². The molecular formula is C19H21N3O3. The predicted molar refractivity (Wildman–Crippen MR) is 98.8 cm³/mol. The van der Waals surface area contributed by atoms with Crippen LogP contribution in [0.2, 0.25) is 0 Å². The molecule has 6 heteroatoms. The molecule has 2 aromatic carbocycles. The Labute approximate surface area is 146 Å². The van der Waals surface area contributed by atoms with Crippen molar-refractivity contribution >= 4 is 23.2 Å². The molecule has 0 spiro atoms. The zero-order valence-corrected chi connectivity index (χ0v) is 14.0. The molecule has 0 unspecified atom stereocenters. The smallest absolute Gasteiger partial charge is 0.248 e. The van der Waals surface area contributed by atoms with Crippen molar-refractivity contribution in [1.29, 1.82) is 0 Å². The first kappa shape index (κ1) is 18.1. The number of anilines is 2. The van der Waals surface area contributed by atoms with Crippen molar-refractivity contribution in [3.8, 4) is 5.75 Å². The van der Waals surface area contributed by atoms with Crippen molar-refractivity contribution in [3.05, 3.63) is 66.2 Å². The lowest BCUT2D eigenvalue weighted by Crippen LogP contribution is -2.22. The van der Waals surface area contributed by atoms with Crippen molar-refractivity contribution in [1.82, 2.24) is 0 Å². The highest BCUT2D eigenvalue weighted by Crippen LogP contribution is 2.18. The van der Waals surface area contributed by atoms with E-state index in [0.29, 0.717) is 23.6 Å². The molecule has 2 amide bonds. The summed E-state index contributed by atoms with van der Waals surface area (Å²) in [6.07, 6.45) is 0. The number of ether oxygens (including phenoxy) is 1. The topological polar surface area (TPSA) is 93.4 Å². The van der Waals surface area contributed by atoms with Gasteiger partial charge in [0.2, 0.25) is 11.8 Å². The SMILES string of the molecule is C=C(C)COc1cccc(NCC(=O)Nc2cccc(C(N)=O)c2)c1. The number of carbonyl (C=O) groups is 2. The molecule has 0 heterocycles. The molecule has 0 saturated carbocycles. The molecule has 25 heavy (non-hydrogen) atoms. The number of nitrogens with one attached hydrogen (secondary N) is 2. The van der Waals surface area contributed by atoms with E-state index >= 15 is 0 Å². The molecule has 0 aliphatic heterocycles. The lowest BCUT2D eigenvalue weighted by atomic mass is 10.2. The number of hydrogen-bond acceptors (Lipinski definition) is 4. The zero-order chi connectivity index (χ0) is 18.2. The summed E-state index contributed by atoms with van der Waals surface area (Å²) >= 11 is 0. The number of amides is 2. The van der Waals surface area contributed by atoms with E-state index < -0.39 is 5.91 Å². The molecule has 2 rings (SSSR count). The fourth-order valence-corrected chi connectivity index (χ4v) is 2.04. The Morgan fingerprint density at radius 1 is 1.12 bits per heavy atom. The van der Waals surface area contributed by atoms with Crippen LogP contribution >= 0.6 is 0 Å². The number of benzene rings is 2. The van der Waals surface area contributed by atoms with E-state index in [-0.39, 0.29) is 12.5 Å². The molecule has 0 aliphatic rings. The van der Waals surface area contributed by atoms with E-state index in [2.05, 4.69) is 17.2 Å². The van der Waals surface area contributed by atoms with Gasteiger partial charge in [0.25, 0.3) is 0 Å². The van der Waals surface area contributed by atoms with Crippen LogP contribution in [0.25, 0.3) is 0 Å². The monoisotopic (exact) mass is 339 g/mol. The summed E-state index contributed by atoms with van der Waals surface area (Å²) in [6.45, 7) is 6.19. The standard InChI is InChI=1S/C19H21N3O3/c1-13(2)12-25-17-8-4-6-15(10-17)21-11-18(23)22-16-7-3-5-14(9-16)19(20)24/h3-10,21H,1,11-12H2,2H3,(H2,20,24)(H,22,23). The van der Waals surface area contributed by atoms with Crippen molar-refractivity contribution in [2.24, 2.45) is 5.73 Å². The first-order valence-corrected chi connectivity index (χ1v) is 7.75. The number of rotatable bonds is 8. The highest BCUT2D eigenvalue weighted by Gasteiger charge is 2.06. The van der Waals surface area contributed by atoms with Crippen LogP contribution < -0.4 is 21.1 Å². The average Bonchev–Trinajstić information content (AvgIpc) is 2.59. The van der Waals surface area contributed by atoms with E-state index in [9.17, 15) is 9.59 Å². The van der Waals surface area contributed by atoms with Crippen LogP contribution in [0.15, 0.2) is 60.7 Å². The van der Waals surface area contributed by atoms with Crippen LogP contribution in [0.5, 0.6) is 5.75 Å².